The van der Waals surface area contributed by atoms with Gasteiger partial charge in [0, 0.05) is 5.56 Å². The van der Waals surface area contributed by atoms with Crippen LogP contribution in [0.3, 0.4) is 0 Å². The van der Waals surface area contributed by atoms with Gasteiger partial charge in [0.1, 0.15) is 11.6 Å². The molecule has 0 spiro atoms. The Bertz CT molecular complexity index is 786. The fourth-order valence-corrected chi connectivity index (χ4v) is 2.27. The molecule has 8 heteroatoms. The van der Waals surface area contributed by atoms with Crippen LogP contribution in [0.4, 0.5) is 0 Å². The van der Waals surface area contributed by atoms with Crippen molar-refractivity contribution in [1.82, 2.24) is 9.97 Å². The number of methoxy groups -OCH3 is 2. The number of nitrogens with zero attached hydrogens (tertiary/aromatic N) is 2. The largest absolute Gasteiger partial charge is 0.502 e. The first kappa shape index (κ1) is 15.7. The molecule has 0 saturated heterocycles. The van der Waals surface area contributed by atoms with Crippen LogP contribution in [-0.4, -0.2) is 35.5 Å². The van der Waals surface area contributed by atoms with Gasteiger partial charge in [-0.2, -0.15) is 5.26 Å². The highest BCUT2D eigenvalue weighted by Gasteiger charge is 2.18. The smallest absolute Gasteiger partial charge is 0.270 e. The van der Waals surface area contributed by atoms with Gasteiger partial charge in [-0.1, -0.05) is 11.8 Å². The van der Waals surface area contributed by atoms with E-state index in [1.54, 1.807) is 6.26 Å². The van der Waals surface area contributed by atoms with Crippen LogP contribution in [0.2, 0.25) is 0 Å². The van der Waals surface area contributed by atoms with E-state index in [2.05, 4.69) is 9.97 Å². The molecule has 0 radical (unpaired) electrons. The van der Waals surface area contributed by atoms with Crippen LogP contribution in [0, 0.1) is 11.3 Å². The number of hydrogen-bond donors (Lipinski definition) is 2. The third-order valence-electron chi connectivity index (χ3n) is 2.96. The lowest BCUT2D eigenvalue weighted by Crippen LogP contribution is -2.14. The first-order chi connectivity index (χ1) is 10.5. The summed E-state index contributed by atoms with van der Waals surface area (Å²) in [7, 11) is 2.78. The summed E-state index contributed by atoms with van der Waals surface area (Å²) in [6.07, 6.45) is 1.76. The summed E-state index contributed by atoms with van der Waals surface area (Å²) in [5, 5.41) is 19.5. The zero-order chi connectivity index (χ0) is 16.3. The van der Waals surface area contributed by atoms with Crippen LogP contribution >= 0.6 is 11.8 Å². The third-order valence-corrected chi connectivity index (χ3v) is 3.54. The molecule has 0 saturated carbocycles. The molecule has 0 aliphatic heterocycles. The fourth-order valence-electron chi connectivity index (χ4n) is 1.89. The third kappa shape index (κ3) is 2.71. The number of thioether (sulfide) groups is 1. The van der Waals surface area contributed by atoms with Crippen molar-refractivity contribution in [3.63, 3.8) is 0 Å². The van der Waals surface area contributed by atoms with E-state index in [1.807, 2.05) is 6.07 Å². The Morgan fingerprint density at radius 3 is 2.36 bits per heavy atom. The molecule has 2 N–H and O–H groups in total. The van der Waals surface area contributed by atoms with E-state index in [4.69, 9.17) is 9.47 Å². The summed E-state index contributed by atoms with van der Waals surface area (Å²) >= 11 is 1.25. The van der Waals surface area contributed by atoms with E-state index in [0.29, 0.717) is 10.7 Å². The van der Waals surface area contributed by atoms with Gasteiger partial charge in [0.15, 0.2) is 16.7 Å². The molecular formula is C14H13N3O4S. The maximum absolute atomic E-state index is 12.0. The molecule has 114 valence electrons. The molecule has 1 aromatic heterocycles. The predicted molar refractivity (Wildman–Crippen MR) is 81.6 cm³/mol. The highest BCUT2D eigenvalue weighted by molar-refractivity contribution is 7.98. The molecule has 0 fully saturated rings. The second-order valence-corrected chi connectivity index (χ2v) is 4.93. The van der Waals surface area contributed by atoms with E-state index in [0.717, 1.165) is 0 Å². The van der Waals surface area contributed by atoms with Gasteiger partial charge < -0.3 is 19.6 Å². The van der Waals surface area contributed by atoms with Crippen LogP contribution in [0.15, 0.2) is 22.1 Å². The molecule has 0 aliphatic carbocycles. The highest BCUT2D eigenvalue weighted by Crippen LogP contribution is 2.40. The zero-order valence-electron chi connectivity index (χ0n) is 12.1. The van der Waals surface area contributed by atoms with E-state index >= 15 is 0 Å². The van der Waals surface area contributed by atoms with Gasteiger partial charge in [-0.25, -0.2) is 4.98 Å². The van der Waals surface area contributed by atoms with Crippen molar-refractivity contribution in [3.8, 4) is 34.6 Å². The summed E-state index contributed by atoms with van der Waals surface area (Å²) in [4.78, 5) is 18.7. The fraction of sp³-hybridized carbons (Fsp3) is 0.214. The summed E-state index contributed by atoms with van der Waals surface area (Å²) in [5.74, 6) is 0.152. The van der Waals surface area contributed by atoms with Crippen molar-refractivity contribution in [1.29, 1.82) is 5.26 Å². The van der Waals surface area contributed by atoms with Gasteiger partial charge in [0.2, 0.25) is 5.75 Å². The number of hydrogen-bond acceptors (Lipinski definition) is 7. The van der Waals surface area contributed by atoms with E-state index < -0.39 is 5.56 Å². The SMILES string of the molecule is COc1cc(-c2nc(SC)[nH]c(=O)c2C#N)cc(OC)c1O. The number of phenols is 1. The number of phenolic OH excluding ortho intramolecular Hbond substituents is 1. The molecule has 0 amide bonds. The van der Waals surface area contributed by atoms with Crippen LogP contribution in [0.25, 0.3) is 11.3 Å². The van der Waals surface area contributed by atoms with Crippen molar-refractivity contribution in [2.75, 3.05) is 20.5 Å². The molecule has 2 aromatic rings. The quantitative estimate of drug-likeness (QED) is 0.653. The van der Waals surface area contributed by atoms with E-state index in [9.17, 15) is 15.2 Å². The van der Waals surface area contributed by atoms with Gasteiger partial charge in [-0.05, 0) is 18.4 Å². The molecule has 22 heavy (non-hydrogen) atoms. The van der Waals surface area contributed by atoms with Crippen molar-refractivity contribution < 1.29 is 14.6 Å². The first-order valence-electron chi connectivity index (χ1n) is 6.09. The highest BCUT2D eigenvalue weighted by atomic mass is 32.2. The van der Waals surface area contributed by atoms with Crippen LogP contribution in [0.5, 0.6) is 17.2 Å². The van der Waals surface area contributed by atoms with E-state index in [-0.39, 0.29) is 28.5 Å². The lowest BCUT2D eigenvalue weighted by molar-refractivity contribution is 0.340. The van der Waals surface area contributed by atoms with Crippen LogP contribution < -0.4 is 15.0 Å². The Balaban J connectivity index is 2.79. The van der Waals surface area contributed by atoms with Gasteiger partial charge in [-0.3, -0.25) is 4.79 Å². The Morgan fingerprint density at radius 1 is 1.32 bits per heavy atom. The zero-order valence-corrected chi connectivity index (χ0v) is 12.9. The standard InChI is InChI=1S/C14H13N3O4S/c1-20-9-4-7(5-10(21-2)12(9)18)11-8(6-15)13(19)17-14(16-11)22-3/h4-5,18H,1-3H3,(H,16,17,19). The Kier molecular flexibility index (Phi) is 4.58. The van der Waals surface area contributed by atoms with Gasteiger partial charge in [0.05, 0.1) is 19.9 Å². The molecular weight excluding hydrogens is 306 g/mol. The van der Waals surface area contributed by atoms with Gasteiger partial charge in [0.25, 0.3) is 5.56 Å². The summed E-state index contributed by atoms with van der Waals surface area (Å²) in [6, 6.07) is 4.82. The molecule has 0 bridgehead atoms. The maximum atomic E-state index is 12.0. The number of H-pyrrole nitrogens is 1. The minimum Gasteiger partial charge on any atom is -0.502 e. The molecule has 1 aromatic carbocycles. The van der Waals surface area contributed by atoms with Crippen molar-refractivity contribution in [3.05, 3.63) is 28.0 Å². The molecule has 2 rings (SSSR count). The first-order valence-corrected chi connectivity index (χ1v) is 7.32. The van der Waals surface area contributed by atoms with Gasteiger partial charge >= 0.3 is 0 Å². The van der Waals surface area contributed by atoms with Crippen molar-refractivity contribution in [2.45, 2.75) is 5.16 Å². The lowest BCUT2D eigenvalue weighted by atomic mass is 10.1. The Labute approximate surface area is 130 Å². The second kappa shape index (κ2) is 6.41. The molecule has 0 unspecified atom stereocenters. The lowest BCUT2D eigenvalue weighted by Gasteiger charge is -2.12. The number of nitriles is 1. The van der Waals surface area contributed by atoms with Crippen molar-refractivity contribution in [2.24, 2.45) is 0 Å². The normalized spacial score (nSPS) is 10.1. The number of rotatable bonds is 4. The number of aromatic hydroxyl groups is 1. The number of aromatic nitrogens is 2. The molecule has 0 aliphatic rings. The number of benzene rings is 1. The average molecular weight is 319 g/mol. The minimum atomic E-state index is -0.525. The Hall–Kier alpha value is -2.66. The van der Waals surface area contributed by atoms with Crippen LogP contribution in [0.1, 0.15) is 5.56 Å². The molecule has 7 nitrogen and oxygen atoms in total. The monoisotopic (exact) mass is 319 g/mol. The summed E-state index contributed by atoms with van der Waals surface area (Å²) in [5.41, 5.74) is -0.00731. The van der Waals surface area contributed by atoms with Crippen molar-refractivity contribution >= 4 is 11.8 Å². The second-order valence-electron chi connectivity index (χ2n) is 4.14. The predicted octanol–water partition coefficient (Wildman–Crippen LogP) is 1.75. The van der Waals surface area contributed by atoms with E-state index in [1.165, 1.54) is 38.1 Å². The minimum absolute atomic E-state index is 0.118. The topological polar surface area (TPSA) is 108 Å². The number of aromatic amines is 1. The maximum Gasteiger partial charge on any atom is 0.270 e. The molecule has 0 atom stereocenters. The molecule has 1 heterocycles. The average Bonchev–Trinajstić information content (AvgIpc) is 2.54. The Morgan fingerprint density at radius 2 is 1.91 bits per heavy atom. The number of ether oxygens (including phenoxy) is 2. The number of nitrogens with one attached hydrogen (secondary N) is 1. The van der Waals surface area contributed by atoms with Crippen LogP contribution in [-0.2, 0) is 0 Å². The van der Waals surface area contributed by atoms with Gasteiger partial charge in [-0.15, -0.1) is 0 Å². The summed E-state index contributed by atoms with van der Waals surface area (Å²) < 4.78 is 10.2. The summed E-state index contributed by atoms with van der Waals surface area (Å²) in [6.45, 7) is 0.